The summed E-state index contributed by atoms with van der Waals surface area (Å²) in [5.74, 6) is 0.531. The van der Waals surface area contributed by atoms with Crippen LogP contribution in [-0.4, -0.2) is 16.0 Å². The second kappa shape index (κ2) is 6.07. The van der Waals surface area contributed by atoms with Crippen molar-refractivity contribution in [2.75, 3.05) is 0 Å². The molecule has 0 atom stereocenters. The Hall–Kier alpha value is -1.90. The highest BCUT2D eigenvalue weighted by Crippen LogP contribution is 2.24. The van der Waals surface area contributed by atoms with Crippen molar-refractivity contribution in [3.05, 3.63) is 52.3 Å². The van der Waals surface area contributed by atoms with Crippen LogP contribution in [0.4, 0.5) is 0 Å². The van der Waals surface area contributed by atoms with Gasteiger partial charge in [-0.25, -0.2) is 0 Å². The minimum Gasteiger partial charge on any atom is -0.292 e. The molecule has 1 N–H and O–H groups in total. The van der Waals surface area contributed by atoms with Crippen molar-refractivity contribution in [1.82, 2.24) is 10.2 Å². The van der Waals surface area contributed by atoms with Crippen molar-refractivity contribution in [3.63, 3.8) is 0 Å². The first-order valence-corrected chi connectivity index (χ1v) is 7.87. The lowest BCUT2D eigenvalue weighted by Crippen LogP contribution is -2.11. The molecule has 0 aliphatic heterocycles. The maximum absolute atomic E-state index is 12.5. The molecular weight excluding hydrogens is 272 g/mol. The SMILES string of the molecule is Cc1c(CC(=O)c2cc(C(C)(C)C)[nH]n2)cccc1C(C)C. The summed E-state index contributed by atoms with van der Waals surface area (Å²) >= 11 is 0. The molecule has 3 heteroatoms. The smallest absolute Gasteiger partial charge is 0.187 e. The number of hydrogen-bond donors (Lipinski definition) is 1. The van der Waals surface area contributed by atoms with Crippen LogP contribution in [0.5, 0.6) is 0 Å². The van der Waals surface area contributed by atoms with Crippen molar-refractivity contribution in [1.29, 1.82) is 0 Å². The first kappa shape index (κ1) is 16.5. The number of nitrogens with zero attached hydrogens (tertiary/aromatic N) is 1. The van der Waals surface area contributed by atoms with E-state index in [0.29, 0.717) is 18.0 Å². The van der Waals surface area contributed by atoms with Gasteiger partial charge in [-0.2, -0.15) is 5.10 Å². The average Bonchev–Trinajstić information content (AvgIpc) is 2.90. The lowest BCUT2D eigenvalue weighted by Gasteiger charge is -2.14. The van der Waals surface area contributed by atoms with Crippen LogP contribution in [0.15, 0.2) is 24.3 Å². The largest absolute Gasteiger partial charge is 0.292 e. The van der Waals surface area contributed by atoms with Crippen LogP contribution in [-0.2, 0) is 11.8 Å². The third-order valence-electron chi connectivity index (χ3n) is 4.13. The number of ketones is 1. The van der Waals surface area contributed by atoms with Crippen molar-refractivity contribution in [2.24, 2.45) is 0 Å². The molecule has 0 amide bonds. The third-order valence-corrected chi connectivity index (χ3v) is 4.13. The molecule has 0 saturated heterocycles. The van der Waals surface area contributed by atoms with E-state index in [4.69, 9.17) is 0 Å². The van der Waals surface area contributed by atoms with Gasteiger partial charge in [-0.1, -0.05) is 52.8 Å². The predicted molar refractivity (Wildman–Crippen MR) is 90.6 cm³/mol. The van der Waals surface area contributed by atoms with Gasteiger partial charge in [-0.15, -0.1) is 0 Å². The summed E-state index contributed by atoms with van der Waals surface area (Å²) in [6.07, 6.45) is 0.404. The second-order valence-electron chi connectivity index (χ2n) is 7.30. The van der Waals surface area contributed by atoms with Gasteiger partial charge < -0.3 is 0 Å². The molecule has 0 bridgehead atoms. The molecule has 3 nitrogen and oxygen atoms in total. The average molecular weight is 298 g/mol. The molecule has 118 valence electrons. The zero-order valence-electron chi connectivity index (χ0n) is 14.4. The Morgan fingerprint density at radius 3 is 2.50 bits per heavy atom. The Morgan fingerprint density at radius 2 is 1.95 bits per heavy atom. The summed E-state index contributed by atoms with van der Waals surface area (Å²) in [5, 5.41) is 7.18. The van der Waals surface area contributed by atoms with E-state index in [-0.39, 0.29) is 11.2 Å². The molecule has 0 aliphatic carbocycles. The minimum atomic E-state index is -0.0288. The van der Waals surface area contributed by atoms with Crippen LogP contribution in [0, 0.1) is 6.92 Å². The standard InChI is InChI=1S/C19H26N2O/c1-12(2)15-9-7-8-14(13(15)3)10-17(22)16-11-18(21-20-16)19(4,5)6/h7-9,11-12H,10H2,1-6H3,(H,20,21). The summed E-state index contributed by atoms with van der Waals surface area (Å²) in [6, 6.07) is 8.09. The first-order chi connectivity index (χ1) is 10.2. The van der Waals surface area contributed by atoms with Crippen molar-refractivity contribution in [2.45, 2.75) is 59.3 Å². The monoisotopic (exact) mass is 298 g/mol. The van der Waals surface area contributed by atoms with Gasteiger partial charge in [0.1, 0.15) is 5.69 Å². The Morgan fingerprint density at radius 1 is 1.27 bits per heavy atom. The molecule has 0 radical (unpaired) electrons. The first-order valence-electron chi connectivity index (χ1n) is 7.87. The molecule has 0 fully saturated rings. The van der Waals surface area contributed by atoms with E-state index in [9.17, 15) is 4.79 Å². The molecule has 0 saturated carbocycles. The Labute approximate surface area is 133 Å². The molecule has 0 unspecified atom stereocenters. The van der Waals surface area contributed by atoms with E-state index in [1.807, 2.05) is 18.2 Å². The number of Topliss-reactive ketones (excluding diaryl/α,β-unsaturated/α-hetero) is 1. The Kier molecular flexibility index (Phi) is 4.55. The summed E-state index contributed by atoms with van der Waals surface area (Å²) < 4.78 is 0. The van der Waals surface area contributed by atoms with Gasteiger partial charge in [0.25, 0.3) is 0 Å². The number of hydrogen-bond acceptors (Lipinski definition) is 2. The Bertz CT molecular complexity index is 675. The van der Waals surface area contributed by atoms with Gasteiger partial charge in [0, 0.05) is 17.5 Å². The van der Waals surface area contributed by atoms with Gasteiger partial charge >= 0.3 is 0 Å². The maximum atomic E-state index is 12.5. The van der Waals surface area contributed by atoms with Crippen LogP contribution in [0.3, 0.4) is 0 Å². The van der Waals surface area contributed by atoms with Gasteiger partial charge in [0.2, 0.25) is 0 Å². The summed E-state index contributed by atoms with van der Waals surface area (Å²) in [5.41, 5.74) is 5.11. The summed E-state index contributed by atoms with van der Waals surface area (Å²) in [4.78, 5) is 12.5. The van der Waals surface area contributed by atoms with Gasteiger partial charge in [-0.05, 0) is 35.6 Å². The van der Waals surface area contributed by atoms with Gasteiger partial charge in [-0.3, -0.25) is 9.89 Å². The summed E-state index contributed by atoms with van der Waals surface area (Å²) in [6.45, 7) is 12.8. The molecule has 1 aromatic carbocycles. The fraction of sp³-hybridized carbons (Fsp3) is 0.474. The number of rotatable bonds is 4. The van der Waals surface area contributed by atoms with Crippen LogP contribution in [0.2, 0.25) is 0 Å². The lowest BCUT2D eigenvalue weighted by atomic mass is 9.90. The van der Waals surface area contributed by atoms with E-state index in [1.54, 1.807) is 0 Å². The second-order valence-corrected chi connectivity index (χ2v) is 7.30. The molecule has 0 aliphatic rings. The highest BCUT2D eigenvalue weighted by molar-refractivity contribution is 5.96. The van der Waals surface area contributed by atoms with E-state index in [2.05, 4.69) is 57.8 Å². The molecule has 1 aromatic heterocycles. The van der Waals surface area contributed by atoms with Crippen LogP contribution >= 0.6 is 0 Å². The molecule has 22 heavy (non-hydrogen) atoms. The molecule has 2 rings (SSSR count). The number of H-pyrrole nitrogens is 1. The zero-order chi connectivity index (χ0) is 16.5. The number of carbonyl (C=O) groups is 1. The van der Waals surface area contributed by atoms with Crippen LogP contribution in [0.1, 0.15) is 73.4 Å². The van der Waals surface area contributed by atoms with Gasteiger partial charge in [0.15, 0.2) is 5.78 Å². The number of aromatic amines is 1. The van der Waals surface area contributed by atoms with E-state index < -0.39 is 0 Å². The minimum absolute atomic E-state index is 0.0288. The predicted octanol–water partition coefficient (Wildman–Crippen LogP) is 4.56. The highest BCUT2D eigenvalue weighted by atomic mass is 16.1. The van der Waals surface area contributed by atoms with E-state index in [1.165, 1.54) is 11.1 Å². The van der Waals surface area contributed by atoms with Crippen molar-refractivity contribution < 1.29 is 4.79 Å². The fourth-order valence-corrected chi connectivity index (χ4v) is 2.63. The quantitative estimate of drug-likeness (QED) is 0.841. The highest BCUT2D eigenvalue weighted by Gasteiger charge is 2.20. The maximum Gasteiger partial charge on any atom is 0.187 e. The molecule has 1 heterocycles. The fourth-order valence-electron chi connectivity index (χ4n) is 2.63. The zero-order valence-corrected chi connectivity index (χ0v) is 14.4. The van der Waals surface area contributed by atoms with Crippen molar-refractivity contribution >= 4 is 5.78 Å². The Balaban J connectivity index is 2.23. The topological polar surface area (TPSA) is 45.8 Å². The molecule has 0 spiro atoms. The number of aromatic nitrogens is 2. The summed E-state index contributed by atoms with van der Waals surface area (Å²) in [7, 11) is 0. The third kappa shape index (κ3) is 3.46. The van der Waals surface area contributed by atoms with Crippen LogP contribution in [0.25, 0.3) is 0 Å². The number of nitrogens with one attached hydrogen (secondary N) is 1. The molecular formula is C19H26N2O. The van der Waals surface area contributed by atoms with Crippen molar-refractivity contribution in [3.8, 4) is 0 Å². The normalized spacial score (nSPS) is 12.0. The van der Waals surface area contributed by atoms with E-state index >= 15 is 0 Å². The number of benzene rings is 1. The van der Waals surface area contributed by atoms with E-state index in [0.717, 1.165) is 11.3 Å². The molecule has 2 aromatic rings. The van der Waals surface area contributed by atoms with Crippen LogP contribution < -0.4 is 0 Å². The number of carbonyl (C=O) groups excluding carboxylic acids is 1. The lowest BCUT2D eigenvalue weighted by molar-refractivity contribution is 0.0988. The van der Waals surface area contributed by atoms with Gasteiger partial charge in [0.05, 0.1) is 0 Å².